The topological polar surface area (TPSA) is 90.0 Å². The number of rotatable bonds is 7. The van der Waals surface area contributed by atoms with Crippen LogP contribution >= 0.6 is 0 Å². The monoisotopic (exact) mass is 467 g/mol. The normalized spacial score (nSPS) is 13.8. The quantitative estimate of drug-likeness (QED) is 0.602. The van der Waals surface area contributed by atoms with E-state index in [9.17, 15) is 31.5 Å². The fourth-order valence-electron chi connectivity index (χ4n) is 2.78. The number of carbonyl (C=O) groups excluding carboxylic acids is 2. The van der Waals surface area contributed by atoms with Gasteiger partial charge in [-0.1, -0.05) is 13.3 Å². The second-order valence-corrected chi connectivity index (χ2v) is 6.96. The molecule has 0 atom stereocenters. The van der Waals surface area contributed by atoms with Gasteiger partial charge in [0, 0.05) is 51.3 Å². The lowest BCUT2D eigenvalue weighted by atomic mass is 10.1. The lowest BCUT2D eigenvalue weighted by Crippen LogP contribution is -2.47. The molecule has 1 fully saturated rings. The van der Waals surface area contributed by atoms with Gasteiger partial charge in [-0.05, 0) is 24.6 Å². The molecule has 0 radical (unpaired) electrons. The van der Waals surface area contributed by atoms with E-state index in [4.69, 9.17) is 9.90 Å². The summed E-state index contributed by atoms with van der Waals surface area (Å²) in [7, 11) is 0. The van der Waals surface area contributed by atoms with E-state index in [2.05, 4.69) is 5.32 Å². The highest BCUT2D eigenvalue weighted by Crippen LogP contribution is 2.14. The first-order valence-corrected chi connectivity index (χ1v) is 10.00. The first-order chi connectivity index (χ1) is 15.0. The molecule has 1 aromatic carbocycles. The maximum absolute atomic E-state index is 13.4. The van der Waals surface area contributed by atoms with Gasteiger partial charge in [0.25, 0.3) is 5.91 Å². The maximum atomic E-state index is 13.4. The zero-order valence-electron chi connectivity index (χ0n) is 17.6. The summed E-state index contributed by atoms with van der Waals surface area (Å²) in [4.78, 5) is 37.1. The standard InChI is InChI=1S/C18H25F2N3O2.C2HF3O2/c1-2-3-9-23(10-6-17(24)22-11-7-21-8-12-22)18(25)14-4-5-15(19)16(20)13-14;3-2(4,5)1(6)7/h4-5,13,21H,2-3,6-12H2,1H3;(H,6,7). The van der Waals surface area contributed by atoms with Crippen molar-refractivity contribution in [2.24, 2.45) is 0 Å². The molecule has 0 aromatic heterocycles. The largest absolute Gasteiger partial charge is 0.490 e. The molecule has 0 unspecified atom stereocenters. The van der Waals surface area contributed by atoms with E-state index in [1.54, 1.807) is 9.80 Å². The van der Waals surface area contributed by atoms with Crippen LogP contribution in [0.25, 0.3) is 0 Å². The summed E-state index contributed by atoms with van der Waals surface area (Å²) in [5.74, 6) is -5.14. The number of nitrogens with one attached hydrogen (secondary N) is 1. The molecule has 1 heterocycles. The minimum Gasteiger partial charge on any atom is -0.475 e. The first-order valence-electron chi connectivity index (χ1n) is 10.00. The molecular weight excluding hydrogens is 441 g/mol. The highest BCUT2D eigenvalue weighted by Gasteiger charge is 2.38. The number of halogens is 5. The van der Waals surface area contributed by atoms with E-state index < -0.39 is 23.8 Å². The minimum absolute atomic E-state index is 0.0149. The van der Waals surface area contributed by atoms with Gasteiger partial charge in [-0.25, -0.2) is 13.6 Å². The number of benzene rings is 1. The number of aliphatic carboxylic acids is 1. The van der Waals surface area contributed by atoms with E-state index in [0.29, 0.717) is 19.6 Å². The Morgan fingerprint density at radius 2 is 1.69 bits per heavy atom. The van der Waals surface area contributed by atoms with Crippen LogP contribution in [0.4, 0.5) is 22.0 Å². The van der Waals surface area contributed by atoms with E-state index >= 15 is 0 Å². The first kappa shape index (κ1) is 27.3. The van der Waals surface area contributed by atoms with Crippen molar-refractivity contribution in [2.75, 3.05) is 39.3 Å². The van der Waals surface area contributed by atoms with Crippen molar-refractivity contribution >= 4 is 17.8 Å². The Bertz CT molecular complexity index is 783. The maximum Gasteiger partial charge on any atom is 0.490 e. The van der Waals surface area contributed by atoms with Gasteiger partial charge in [0.05, 0.1) is 0 Å². The molecule has 0 spiro atoms. The Hall–Kier alpha value is -2.76. The van der Waals surface area contributed by atoms with Gasteiger partial charge in [0.1, 0.15) is 0 Å². The predicted octanol–water partition coefficient (Wildman–Crippen LogP) is 2.66. The van der Waals surface area contributed by atoms with Crippen LogP contribution in [-0.2, 0) is 9.59 Å². The number of carboxylic acid groups (broad SMARTS) is 1. The Morgan fingerprint density at radius 1 is 1.09 bits per heavy atom. The molecule has 1 saturated heterocycles. The van der Waals surface area contributed by atoms with Crippen LogP contribution < -0.4 is 5.32 Å². The molecule has 0 aliphatic carbocycles. The molecule has 1 aliphatic heterocycles. The smallest absolute Gasteiger partial charge is 0.475 e. The number of unbranched alkanes of at least 4 members (excludes halogenated alkanes) is 1. The third kappa shape index (κ3) is 9.16. The molecule has 180 valence electrons. The van der Waals surface area contributed by atoms with Gasteiger partial charge in [-0.2, -0.15) is 13.2 Å². The summed E-state index contributed by atoms with van der Waals surface area (Å²) in [6, 6.07) is 3.14. The molecule has 0 saturated carbocycles. The minimum atomic E-state index is -5.08. The molecule has 1 aliphatic rings. The van der Waals surface area contributed by atoms with Gasteiger partial charge >= 0.3 is 12.1 Å². The lowest BCUT2D eigenvalue weighted by molar-refractivity contribution is -0.192. The third-order valence-electron chi connectivity index (χ3n) is 4.54. The van der Waals surface area contributed by atoms with Gasteiger partial charge < -0.3 is 20.2 Å². The number of carbonyl (C=O) groups is 3. The fourth-order valence-corrected chi connectivity index (χ4v) is 2.78. The van der Waals surface area contributed by atoms with Crippen molar-refractivity contribution in [1.29, 1.82) is 0 Å². The zero-order chi connectivity index (χ0) is 24.3. The highest BCUT2D eigenvalue weighted by atomic mass is 19.4. The molecule has 2 amide bonds. The number of hydrogen-bond acceptors (Lipinski definition) is 4. The molecule has 7 nitrogen and oxygen atoms in total. The van der Waals surface area contributed by atoms with Crippen LogP contribution in [0, 0.1) is 11.6 Å². The lowest BCUT2D eigenvalue weighted by Gasteiger charge is -2.29. The predicted molar refractivity (Wildman–Crippen MR) is 105 cm³/mol. The number of hydrogen-bond donors (Lipinski definition) is 2. The van der Waals surface area contributed by atoms with E-state index in [1.807, 2.05) is 6.92 Å². The summed E-state index contributed by atoms with van der Waals surface area (Å²) < 4.78 is 58.2. The van der Waals surface area contributed by atoms with Crippen LogP contribution in [0.15, 0.2) is 18.2 Å². The van der Waals surface area contributed by atoms with Crippen molar-refractivity contribution in [3.63, 3.8) is 0 Å². The van der Waals surface area contributed by atoms with Crippen LogP contribution in [0.2, 0.25) is 0 Å². The Morgan fingerprint density at radius 3 is 2.19 bits per heavy atom. The fraction of sp³-hybridized carbons (Fsp3) is 0.550. The summed E-state index contributed by atoms with van der Waals surface area (Å²) >= 11 is 0. The molecule has 32 heavy (non-hydrogen) atoms. The molecular formula is C20H26F5N3O4. The van der Waals surface area contributed by atoms with Crippen LogP contribution in [0.5, 0.6) is 0 Å². The molecule has 2 N–H and O–H groups in total. The van der Waals surface area contributed by atoms with E-state index in [0.717, 1.165) is 38.1 Å². The van der Waals surface area contributed by atoms with Crippen molar-refractivity contribution < 1.29 is 41.4 Å². The molecule has 2 rings (SSSR count). The average molecular weight is 467 g/mol. The second kappa shape index (κ2) is 12.9. The molecule has 12 heteroatoms. The van der Waals surface area contributed by atoms with Crippen molar-refractivity contribution in [2.45, 2.75) is 32.4 Å². The second-order valence-electron chi connectivity index (χ2n) is 6.96. The zero-order valence-corrected chi connectivity index (χ0v) is 17.6. The number of amides is 2. The van der Waals surface area contributed by atoms with E-state index in [1.165, 1.54) is 6.07 Å². The Kier molecular flexibility index (Phi) is 11.0. The van der Waals surface area contributed by atoms with Crippen molar-refractivity contribution in [1.82, 2.24) is 15.1 Å². The highest BCUT2D eigenvalue weighted by molar-refractivity contribution is 5.94. The van der Waals surface area contributed by atoms with Gasteiger partial charge in [0.2, 0.25) is 5.91 Å². The van der Waals surface area contributed by atoms with Crippen molar-refractivity contribution in [3.8, 4) is 0 Å². The molecule has 0 bridgehead atoms. The summed E-state index contributed by atoms with van der Waals surface area (Å²) in [6.07, 6.45) is -3.16. The van der Waals surface area contributed by atoms with Crippen molar-refractivity contribution in [3.05, 3.63) is 35.4 Å². The third-order valence-corrected chi connectivity index (χ3v) is 4.54. The van der Waals surface area contributed by atoms with Crippen LogP contribution in [0.3, 0.4) is 0 Å². The number of carboxylic acids is 1. The van der Waals surface area contributed by atoms with E-state index in [-0.39, 0.29) is 30.3 Å². The average Bonchev–Trinajstić information content (AvgIpc) is 2.75. The van der Waals surface area contributed by atoms with Crippen LogP contribution in [-0.4, -0.2) is 78.1 Å². The Balaban J connectivity index is 0.000000633. The summed E-state index contributed by atoms with van der Waals surface area (Å²) in [5, 5.41) is 10.3. The number of alkyl halides is 3. The van der Waals surface area contributed by atoms with Gasteiger partial charge in [0.15, 0.2) is 11.6 Å². The SMILES string of the molecule is CCCCN(CCC(=O)N1CCNCC1)C(=O)c1ccc(F)c(F)c1.O=C(O)C(F)(F)F. The van der Waals surface area contributed by atoms with Gasteiger partial charge in [-0.15, -0.1) is 0 Å². The summed E-state index contributed by atoms with van der Waals surface area (Å²) in [6.45, 7) is 5.67. The number of piperazine rings is 1. The Labute approximate surface area is 182 Å². The molecule has 1 aromatic rings. The number of nitrogens with zero attached hydrogens (tertiary/aromatic N) is 2. The van der Waals surface area contributed by atoms with Crippen LogP contribution in [0.1, 0.15) is 36.5 Å². The summed E-state index contributed by atoms with van der Waals surface area (Å²) in [5.41, 5.74) is 0.102. The van der Waals surface area contributed by atoms with Gasteiger partial charge in [-0.3, -0.25) is 9.59 Å².